The van der Waals surface area contributed by atoms with E-state index in [-0.39, 0.29) is 18.3 Å². The second-order valence-electron chi connectivity index (χ2n) is 5.72. The van der Waals surface area contributed by atoms with Crippen LogP contribution in [-0.2, 0) is 11.3 Å². The maximum absolute atomic E-state index is 12.2. The van der Waals surface area contributed by atoms with Gasteiger partial charge in [-0.2, -0.15) is 0 Å². The summed E-state index contributed by atoms with van der Waals surface area (Å²) < 4.78 is 5.42. The van der Waals surface area contributed by atoms with E-state index in [1.165, 1.54) is 6.42 Å². The highest BCUT2D eigenvalue weighted by Gasteiger charge is 2.17. The van der Waals surface area contributed by atoms with Crippen molar-refractivity contribution in [1.29, 1.82) is 0 Å². The van der Waals surface area contributed by atoms with Crippen molar-refractivity contribution < 1.29 is 9.53 Å². The van der Waals surface area contributed by atoms with Gasteiger partial charge in [0.2, 0.25) is 5.91 Å². The highest BCUT2D eigenvalue weighted by molar-refractivity contribution is 5.85. The van der Waals surface area contributed by atoms with Gasteiger partial charge in [0.15, 0.2) is 0 Å². The molecule has 1 aromatic rings. The van der Waals surface area contributed by atoms with E-state index in [2.05, 4.69) is 5.32 Å². The average molecular weight is 327 g/mol. The lowest BCUT2D eigenvalue weighted by molar-refractivity contribution is -0.130. The lowest BCUT2D eigenvalue weighted by atomic mass is 10.0. The van der Waals surface area contributed by atoms with Crippen molar-refractivity contribution in [3.8, 4) is 5.75 Å². The van der Waals surface area contributed by atoms with Gasteiger partial charge in [0.1, 0.15) is 5.75 Å². The molecule has 1 aliphatic heterocycles. The number of hydrogen-bond acceptors (Lipinski definition) is 3. The zero-order valence-corrected chi connectivity index (χ0v) is 14.3. The molecule has 1 atom stereocenters. The summed E-state index contributed by atoms with van der Waals surface area (Å²) in [4.78, 5) is 14.0. The Morgan fingerprint density at radius 2 is 2.09 bits per heavy atom. The summed E-state index contributed by atoms with van der Waals surface area (Å²) in [6, 6.07) is 7.97. The Morgan fingerprint density at radius 3 is 2.68 bits per heavy atom. The summed E-state index contributed by atoms with van der Waals surface area (Å²) in [6.45, 7) is 5.47. The molecule has 1 aliphatic rings. The molecule has 1 amide bonds. The van der Waals surface area contributed by atoms with Gasteiger partial charge in [-0.3, -0.25) is 4.79 Å². The number of rotatable bonds is 7. The molecule has 0 spiro atoms. The molecule has 0 aromatic heterocycles. The molecule has 1 heterocycles. The van der Waals surface area contributed by atoms with Crippen LogP contribution < -0.4 is 10.1 Å². The molecule has 4 nitrogen and oxygen atoms in total. The van der Waals surface area contributed by atoms with Crippen molar-refractivity contribution in [2.45, 2.75) is 32.7 Å². The minimum atomic E-state index is 0. The fourth-order valence-corrected chi connectivity index (χ4v) is 2.70. The third-order valence-electron chi connectivity index (χ3n) is 4.01. The summed E-state index contributed by atoms with van der Waals surface area (Å²) in [7, 11) is 1.88. The van der Waals surface area contributed by atoms with E-state index in [1.54, 1.807) is 0 Å². The van der Waals surface area contributed by atoms with E-state index >= 15 is 0 Å². The number of carbonyl (C=O) groups excluding carboxylic acids is 1. The van der Waals surface area contributed by atoms with E-state index < -0.39 is 0 Å². The Labute approximate surface area is 139 Å². The first-order valence-electron chi connectivity index (χ1n) is 7.85. The fourth-order valence-electron chi connectivity index (χ4n) is 2.70. The first-order chi connectivity index (χ1) is 10.2. The molecule has 0 radical (unpaired) electrons. The first kappa shape index (κ1) is 18.8. The van der Waals surface area contributed by atoms with Crippen molar-refractivity contribution >= 4 is 18.3 Å². The molecule has 1 N–H and O–H groups in total. The van der Waals surface area contributed by atoms with Crippen molar-refractivity contribution in [3.63, 3.8) is 0 Å². The highest BCUT2D eigenvalue weighted by Crippen LogP contribution is 2.16. The van der Waals surface area contributed by atoms with Gasteiger partial charge >= 0.3 is 0 Å². The topological polar surface area (TPSA) is 41.6 Å². The zero-order valence-electron chi connectivity index (χ0n) is 13.5. The van der Waals surface area contributed by atoms with Crippen molar-refractivity contribution in [2.24, 2.45) is 5.92 Å². The van der Waals surface area contributed by atoms with Gasteiger partial charge in [-0.05, 0) is 56.5 Å². The predicted octanol–water partition coefficient (Wildman–Crippen LogP) is 2.86. The van der Waals surface area contributed by atoms with Gasteiger partial charge in [-0.25, -0.2) is 0 Å². The Balaban J connectivity index is 0.00000242. The van der Waals surface area contributed by atoms with Crippen LogP contribution in [0.5, 0.6) is 5.75 Å². The van der Waals surface area contributed by atoms with Gasteiger partial charge in [0.05, 0.1) is 6.61 Å². The minimum absolute atomic E-state index is 0. The smallest absolute Gasteiger partial charge is 0.222 e. The number of ether oxygens (including phenoxy) is 1. The Kier molecular flexibility index (Phi) is 8.28. The molecule has 1 unspecified atom stereocenters. The van der Waals surface area contributed by atoms with E-state index in [4.69, 9.17) is 4.74 Å². The molecule has 1 saturated heterocycles. The monoisotopic (exact) mass is 326 g/mol. The first-order valence-corrected chi connectivity index (χ1v) is 7.85. The summed E-state index contributed by atoms with van der Waals surface area (Å²) in [5, 5.41) is 3.34. The molecule has 0 bridgehead atoms. The maximum Gasteiger partial charge on any atom is 0.222 e. The standard InChI is InChI=1S/C17H26N2O2.ClH/c1-3-21-16-7-4-15(5-8-16)13-19(2)17(20)9-6-14-10-11-18-12-14;/h4-5,7-8,14,18H,3,6,9-13H2,1-2H3;1H. The predicted molar refractivity (Wildman–Crippen MR) is 91.5 cm³/mol. The lowest BCUT2D eigenvalue weighted by Gasteiger charge is -2.18. The molecule has 22 heavy (non-hydrogen) atoms. The molecule has 124 valence electrons. The SMILES string of the molecule is CCOc1ccc(CN(C)C(=O)CCC2CCNC2)cc1.Cl. The highest BCUT2D eigenvalue weighted by atomic mass is 35.5. The molecular formula is C17H27ClN2O2. The number of hydrogen-bond donors (Lipinski definition) is 1. The molecule has 0 saturated carbocycles. The summed E-state index contributed by atoms with van der Waals surface area (Å²) in [5.41, 5.74) is 1.14. The van der Waals surface area contributed by atoms with Crippen LogP contribution in [0, 0.1) is 5.92 Å². The summed E-state index contributed by atoms with van der Waals surface area (Å²) in [5.74, 6) is 1.78. The van der Waals surface area contributed by atoms with Crippen molar-refractivity contribution in [2.75, 3.05) is 26.7 Å². The van der Waals surface area contributed by atoms with E-state index in [1.807, 2.05) is 43.1 Å². The second-order valence-corrected chi connectivity index (χ2v) is 5.72. The van der Waals surface area contributed by atoms with Gasteiger partial charge in [-0.15, -0.1) is 12.4 Å². The average Bonchev–Trinajstić information content (AvgIpc) is 3.00. The fraction of sp³-hybridized carbons (Fsp3) is 0.588. The van der Waals surface area contributed by atoms with Crippen LogP contribution in [0.1, 0.15) is 31.7 Å². The van der Waals surface area contributed by atoms with Crippen molar-refractivity contribution in [3.05, 3.63) is 29.8 Å². The van der Waals surface area contributed by atoms with Crippen LogP contribution in [0.3, 0.4) is 0 Å². The number of nitrogens with one attached hydrogen (secondary N) is 1. The largest absolute Gasteiger partial charge is 0.494 e. The maximum atomic E-state index is 12.2. The number of nitrogens with zero attached hydrogens (tertiary/aromatic N) is 1. The summed E-state index contributed by atoms with van der Waals surface area (Å²) in [6.07, 6.45) is 2.86. The van der Waals surface area contributed by atoms with Crippen LogP contribution in [0.2, 0.25) is 0 Å². The molecule has 0 aliphatic carbocycles. The normalized spacial score (nSPS) is 16.9. The van der Waals surface area contributed by atoms with Gasteiger partial charge in [0, 0.05) is 20.0 Å². The zero-order chi connectivity index (χ0) is 15.1. The van der Waals surface area contributed by atoms with Crippen LogP contribution in [0.15, 0.2) is 24.3 Å². The molecule has 1 aromatic carbocycles. The van der Waals surface area contributed by atoms with Crippen LogP contribution in [0.25, 0.3) is 0 Å². The van der Waals surface area contributed by atoms with Crippen LogP contribution in [-0.4, -0.2) is 37.6 Å². The lowest BCUT2D eigenvalue weighted by Crippen LogP contribution is -2.26. The van der Waals surface area contributed by atoms with Gasteiger partial charge in [-0.1, -0.05) is 12.1 Å². The Morgan fingerprint density at radius 1 is 1.36 bits per heavy atom. The van der Waals surface area contributed by atoms with Gasteiger partial charge < -0.3 is 15.0 Å². The van der Waals surface area contributed by atoms with E-state index in [0.717, 1.165) is 30.8 Å². The molecule has 5 heteroatoms. The number of halogens is 1. The number of carbonyl (C=O) groups is 1. The minimum Gasteiger partial charge on any atom is -0.494 e. The van der Waals surface area contributed by atoms with Crippen LogP contribution >= 0.6 is 12.4 Å². The van der Waals surface area contributed by atoms with E-state index in [0.29, 0.717) is 25.5 Å². The van der Waals surface area contributed by atoms with Gasteiger partial charge in [0.25, 0.3) is 0 Å². The van der Waals surface area contributed by atoms with Crippen LogP contribution in [0.4, 0.5) is 0 Å². The molecule has 2 rings (SSSR count). The third kappa shape index (κ3) is 5.85. The molecular weight excluding hydrogens is 300 g/mol. The number of benzene rings is 1. The quantitative estimate of drug-likeness (QED) is 0.837. The third-order valence-corrected chi connectivity index (χ3v) is 4.01. The molecule has 1 fully saturated rings. The number of amides is 1. The van der Waals surface area contributed by atoms with Crippen molar-refractivity contribution in [1.82, 2.24) is 10.2 Å². The van der Waals surface area contributed by atoms with E-state index in [9.17, 15) is 4.79 Å². The Hall–Kier alpha value is -1.26. The second kappa shape index (κ2) is 9.70. The Bertz CT molecular complexity index is 444. The summed E-state index contributed by atoms with van der Waals surface area (Å²) >= 11 is 0.